The van der Waals surface area contributed by atoms with Crippen LogP contribution in [0.1, 0.15) is 36.7 Å². The van der Waals surface area contributed by atoms with Crippen molar-refractivity contribution in [1.29, 1.82) is 0 Å². The number of aromatic nitrogens is 2. The number of fused-ring (bicyclic) bond motifs is 1. The number of aromatic amines is 1. The van der Waals surface area contributed by atoms with Gasteiger partial charge in [0.2, 0.25) is 0 Å². The van der Waals surface area contributed by atoms with E-state index in [-0.39, 0.29) is 17.6 Å². The minimum absolute atomic E-state index is 0.144. The number of nitrogens with zero attached hydrogens (tertiary/aromatic N) is 2. The van der Waals surface area contributed by atoms with Crippen molar-refractivity contribution in [2.24, 2.45) is 0 Å². The number of imidazole rings is 1. The Bertz CT molecular complexity index is 925. The molecule has 2 N–H and O–H groups in total. The zero-order valence-corrected chi connectivity index (χ0v) is 14.7. The molecule has 1 unspecified atom stereocenters. The number of hydrogen-bond acceptors (Lipinski definition) is 4. The number of halogens is 1. The summed E-state index contributed by atoms with van der Waals surface area (Å²) in [4.78, 5) is 10.4. The molecule has 0 saturated carbocycles. The number of aromatic hydroxyl groups is 1. The maximum atomic E-state index is 13.5. The van der Waals surface area contributed by atoms with E-state index >= 15 is 0 Å². The maximum absolute atomic E-state index is 13.5. The molecule has 2 heterocycles. The van der Waals surface area contributed by atoms with Crippen LogP contribution in [0.25, 0.3) is 11.0 Å². The summed E-state index contributed by atoms with van der Waals surface area (Å²) in [5.41, 5.74) is 2.60. The van der Waals surface area contributed by atoms with Gasteiger partial charge in [-0.05, 0) is 55.3 Å². The van der Waals surface area contributed by atoms with E-state index in [0.29, 0.717) is 5.75 Å². The monoisotopic (exact) mass is 355 g/mol. The quantitative estimate of drug-likeness (QED) is 0.738. The molecule has 0 bridgehead atoms. The summed E-state index contributed by atoms with van der Waals surface area (Å²) < 4.78 is 18.7. The molecule has 1 aromatic heterocycles. The lowest BCUT2D eigenvalue weighted by Gasteiger charge is -2.34. The molecule has 6 heteroatoms. The highest BCUT2D eigenvalue weighted by Gasteiger charge is 2.27. The molecule has 1 saturated heterocycles. The summed E-state index contributed by atoms with van der Waals surface area (Å²) in [5.74, 6) is 1.25. The third-order valence-electron chi connectivity index (χ3n) is 5.02. The van der Waals surface area contributed by atoms with Crippen molar-refractivity contribution in [3.05, 3.63) is 53.6 Å². The van der Waals surface area contributed by atoms with E-state index in [1.54, 1.807) is 19.2 Å². The van der Waals surface area contributed by atoms with Gasteiger partial charge in [-0.25, -0.2) is 9.37 Å². The Morgan fingerprint density at radius 2 is 2.15 bits per heavy atom. The van der Waals surface area contributed by atoms with Crippen LogP contribution in [0, 0.1) is 5.82 Å². The van der Waals surface area contributed by atoms with Gasteiger partial charge in [0.05, 0.1) is 24.2 Å². The molecule has 5 nitrogen and oxygen atoms in total. The number of nitrogens with one attached hydrogen (secondary N) is 1. The summed E-state index contributed by atoms with van der Waals surface area (Å²) in [7, 11) is 1.55. The van der Waals surface area contributed by atoms with Gasteiger partial charge in [-0.1, -0.05) is 12.5 Å². The minimum atomic E-state index is -0.260. The number of benzene rings is 2. The highest BCUT2D eigenvalue weighted by atomic mass is 19.1. The van der Waals surface area contributed by atoms with Gasteiger partial charge in [0.25, 0.3) is 0 Å². The van der Waals surface area contributed by atoms with Crippen LogP contribution in [0.4, 0.5) is 4.39 Å². The number of likely N-dealkylation sites (tertiary alicyclic amines) is 1. The summed E-state index contributed by atoms with van der Waals surface area (Å²) in [5, 5.41) is 9.79. The number of phenolic OH excluding ortho intramolecular Hbond substituents is 1. The fourth-order valence-electron chi connectivity index (χ4n) is 3.70. The highest BCUT2D eigenvalue weighted by Crippen LogP contribution is 2.33. The first-order valence-electron chi connectivity index (χ1n) is 8.89. The van der Waals surface area contributed by atoms with Crippen LogP contribution in [-0.2, 0) is 6.54 Å². The van der Waals surface area contributed by atoms with E-state index in [1.165, 1.54) is 12.1 Å². The van der Waals surface area contributed by atoms with Crippen molar-refractivity contribution in [2.45, 2.75) is 31.8 Å². The smallest absolute Gasteiger partial charge is 0.160 e. The van der Waals surface area contributed by atoms with Gasteiger partial charge < -0.3 is 14.8 Å². The van der Waals surface area contributed by atoms with Crippen molar-refractivity contribution in [3.8, 4) is 11.5 Å². The van der Waals surface area contributed by atoms with Crippen molar-refractivity contribution < 1.29 is 14.2 Å². The Hall–Kier alpha value is -2.60. The Morgan fingerprint density at radius 1 is 1.27 bits per heavy atom. The molecule has 0 radical (unpaired) electrons. The lowest BCUT2D eigenvalue weighted by atomic mass is 10.0. The fourth-order valence-corrected chi connectivity index (χ4v) is 3.70. The van der Waals surface area contributed by atoms with E-state index in [0.717, 1.165) is 54.8 Å². The first kappa shape index (κ1) is 16.8. The molecule has 0 aliphatic carbocycles. The molecule has 26 heavy (non-hydrogen) atoms. The number of ether oxygens (including phenoxy) is 1. The van der Waals surface area contributed by atoms with Crippen LogP contribution in [0.15, 0.2) is 36.4 Å². The van der Waals surface area contributed by atoms with Crippen LogP contribution in [0.2, 0.25) is 0 Å². The Balaban J connectivity index is 1.61. The molecule has 1 atom stereocenters. The Labute approximate surface area is 151 Å². The maximum Gasteiger partial charge on any atom is 0.160 e. The van der Waals surface area contributed by atoms with Crippen molar-refractivity contribution >= 4 is 11.0 Å². The average molecular weight is 355 g/mol. The molecule has 4 rings (SSSR count). The predicted octanol–water partition coefficient (Wildman–Crippen LogP) is 4.14. The second-order valence-electron chi connectivity index (χ2n) is 6.77. The third kappa shape index (κ3) is 3.24. The zero-order chi connectivity index (χ0) is 18.1. The minimum Gasteiger partial charge on any atom is -0.504 e. The summed E-state index contributed by atoms with van der Waals surface area (Å²) in [6.07, 6.45) is 3.30. The normalized spacial score (nSPS) is 18.3. The number of H-pyrrole nitrogens is 1. The molecule has 0 amide bonds. The molecular weight excluding hydrogens is 333 g/mol. The number of methoxy groups -OCH3 is 1. The second kappa shape index (κ2) is 6.96. The van der Waals surface area contributed by atoms with Crippen molar-refractivity contribution in [1.82, 2.24) is 14.9 Å². The zero-order valence-electron chi connectivity index (χ0n) is 14.7. The summed E-state index contributed by atoms with van der Waals surface area (Å²) in [6.45, 7) is 1.71. The van der Waals surface area contributed by atoms with Gasteiger partial charge in [-0.2, -0.15) is 0 Å². The predicted molar refractivity (Wildman–Crippen MR) is 97.7 cm³/mol. The third-order valence-corrected chi connectivity index (χ3v) is 5.02. The van der Waals surface area contributed by atoms with E-state index in [1.807, 2.05) is 12.1 Å². The lowest BCUT2D eigenvalue weighted by Crippen LogP contribution is -2.33. The van der Waals surface area contributed by atoms with E-state index < -0.39 is 0 Å². The number of piperidine rings is 1. The number of phenols is 1. The first-order valence-corrected chi connectivity index (χ1v) is 8.89. The molecular formula is C20H22FN3O2. The van der Waals surface area contributed by atoms with Gasteiger partial charge in [-0.15, -0.1) is 0 Å². The van der Waals surface area contributed by atoms with Crippen LogP contribution < -0.4 is 4.74 Å². The fraction of sp³-hybridized carbons (Fsp3) is 0.350. The van der Waals surface area contributed by atoms with Gasteiger partial charge in [0.15, 0.2) is 11.5 Å². The van der Waals surface area contributed by atoms with E-state index in [2.05, 4.69) is 14.9 Å². The Morgan fingerprint density at radius 3 is 3.00 bits per heavy atom. The SMILES string of the molecule is COc1cc(CN2CCCCC2c2nc3ccc(F)cc3[nH]2)ccc1O. The van der Waals surface area contributed by atoms with E-state index in [4.69, 9.17) is 4.74 Å². The largest absolute Gasteiger partial charge is 0.504 e. The topological polar surface area (TPSA) is 61.4 Å². The lowest BCUT2D eigenvalue weighted by molar-refractivity contribution is 0.134. The Kier molecular flexibility index (Phi) is 4.51. The standard InChI is InChI=1S/C20H22FN3O2/c1-26-19-10-13(5-8-18(19)25)12-24-9-3-2-4-17(24)20-22-15-7-6-14(21)11-16(15)23-20/h5-8,10-11,17,25H,2-4,9,12H2,1H3,(H,22,23). The summed E-state index contributed by atoms with van der Waals surface area (Å²) >= 11 is 0. The number of hydrogen-bond donors (Lipinski definition) is 2. The molecule has 1 aliphatic rings. The van der Waals surface area contributed by atoms with Crippen molar-refractivity contribution in [3.63, 3.8) is 0 Å². The van der Waals surface area contributed by atoms with Gasteiger partial charge in [0.1, 0.15) is 11.6 Å². The summed E-state index contributed by atoms with van der Waals surface area (Å²) in [6, 6.07) is 10.3. The van der Waals surface area contributed by atoms with Crippen LogP contribution in [0.5, 0.6) is 11.5 Å². The van der Waals surface area contributed by atoms with Crippen LogP contribution in [0.3, 0.4) is 0 Å². The van der Waals surface area contributed by atoms with Gasteiger partial charge in [-0.3, -0.25) is 4.90 Å². The molecule has 1 aliphatic heterocycles. The van der Waals surface area contributed by atoms with E-state index in [9.17, 15) is 9.50 Å². The average Bonchev–Trinajstić information content (AvgIpc) is 3.06. The molecule has 0 spiro atoms. The molecule has 2 aromatic carbocycles. The van der Waals surface area contributed by atoms with Crippen LogP contribution in [-0.4, -0.2) is 33.6 Å². The van der Waals surface area contributed by atoms with Crippen molar-refractivity contribution in [2.75, 3.05) is 13.7 Å². The van der Waals surface area contributed by atoms with Gasteiger partial charge in [0, 0.05) is 6.54 Å². The van der Waals surface area contributed by atoms with Crippen LogP contribution >= 0.6 is 0 Å². The number of rotatable bonds is 4. The highest BCUT2D eigenvalue weighted by molar-refractivity contribution is 5.75. The molecule has 136 valence electrons. The molecule has 1 fully saturated rings. The molecule has 3 aromatic rings. The van der Waals surface area contributed by atoms with Gasteiger partial charge >= 0.3 is 0 Å². The second-order valence-corrected chi connectivity index (χ2v) is 6.77. The first-order chi connectivity index (χ1) is 12.6.